The fraction of sp³-hybridized carbons (Fsp3) is 0.562. The van der Waals surface area contributed by atoms with Crippen LogP contribution in [0.25, 0.3) is 0 Å². The van der Waals surface area contributed by atoms with Crippen molar-refractivity contribution in [1.82, 2.24) is 0 Å². The summed E-state index contributed by atoms with van der Waals surface area (Å²) in [4.78, 5) is 13.7. The molecule has 1 amide bonds. The second-order valence-electron chi connectivity index (χ2n) is 5.83. The average molecular weight is 260 g/mol. The van der Waals surface area contributed by atoms with E-state index in [0.717, 1.165) is 25.9 Å². The molecule has 0 unspecified atom stereocenters. The van der Waals surface area contributed by atoms with Crippen molar-refractivity contribution >= 4 is 11.6 Å². The Kier molecular flexibility index (Phi) is 4.13. The number of para-hydroxylation sites is 1. The van der Waals surface area contributed by atoms with E-state index in [2.05, 4.69) is 43.9 Å². The highest BCUT2D eigenvalue weighted by Crippen LogP contribution is 2.33. The van der Waals surface area contributed by atoms with E-state index < -0.39 is 0 Å². The SMILES string of the molecule is Cc1cccc(C(C)C)c1N1CCC(C(N)=O)CC1. The van der Waals surface area contributed by atoms with Crippen LogP contribution in [0, 0.1) is 12.8 Å². The number of hydrogen-bond donors (Lipinski definition) is 1. The van der Waals surface area contributed by atoms with Gasteiger partial charge in [0.05, 0.1) is 0 Å². The van der Waals surface area contributed by atoms with Crippen LogP contribution < -0.4 is 10.6 Å². The molecule has 1 saturated heterocycles. The minimum Gasteiger partial charge on any atom is -0.371 e. The van der Waals surface area contributed by atoms with Crippen LogP contribution in [0.5, 0.6) is 0 Å². The van der Waals surface area contributed by atoms with E-state index >= 15 is 0 Å². The molecule has 1 heterocycles. The van der Waals surface area contributed by atoms with Crippen LogP contribution in [0.1, 0.15) is 43.7 Å². The molecule has 0 aliphatic carbocycles. The zero-order valence-electron chi connectivity index (χ0n) is 12.1. The van der Waals surface area contributed by atoms with E-state index in [0.29, 0.717) is 5.92 Å². The lowest BCUT2D eigenvalue weighted by molar-refractivity contribution is -0.122. The molecule has 1 aromatic rings. The lowest BCUT2D eigenvalue weighted by Gasteiger charge is -2.35. The Balaban J connectivity index is 2.22. The fourth-order valence-electron chi connectivity index (χ4n) is 2.97. The topological polar surface area (TPSA) is 46.3 Å². The largest absolute Gasteiger partial charge is 0.371 e. The molecule has 2 N–H and O–H groups in total. The number of aryl methyl sites for hydroxylation is 1. The Morgan fingerprint density at radius 1 is 1.32 bits per heavy atom. The minimum absolute atomic E-state index is 0.0581. The monoisotopic (exact) mass is 260 g/mol. The van der Waals surface area contributed by atoms with Gasteiger partial charge in [-0.05, 0) is 36.8 Å². The second kappa shape index (κ2) is 5.64. The highest BCUT2D eigenvalue weighted by molar-refractivity contribution is 5.77. The van der Waals surface area contributed by atoms with Crippen molar-refractivity contribution in [3.63, 3.8) is 0 Å². The third kappa shape index (κ3) is 2.91. The molecule has 0 spiro atoms. The zero-order chi connectivity index (χ0) is 14.0. The highest BCUT2D eigenvalue weighted by atomic mass is 16.1. The summed E-state index contributed by atoms with van der Waals surface area (Å²) in [7, 11) is 0. The Bertz CT molecular complexity index is 460. The first-order valence-electron chi connectivity index (χ1n) is 7.14. The fourth-order valence-corrected chi connectivity index (χ4v) is 2.97. The molecule has 1 aromatic carbocycles. The van der Waals surface area contributed by atoms with E-state index in [4.69, 9.17) is 5.73 Å². The lowest BCUT2D eigenvalue weighted by Crippen LogP contribution is -2.39. The quantitative estimate of drug-likeness (QED) is 0.908. The van der Waals surface area contributed by atoms with Crippen molar-refractivity contribution in [2.45, 2.75) is 39.5 Å². The van der Waals surface area contributed by atoms with Crippen LogP contribution >= 0.6 is 0 Å². The van der Waals surface area contributed by atoms with Crippen molar-refractivity contribution in [3.8, 4) is 0 Å². The molecule has 0 atom stereocenters. The first-order valence-corrected chi connectivity index (χ1v) is 7.14. The predicted molar refractivity (Wildman–Crippen MR) is 79.4 cm³/mol. The summed E-state index contributed by atoms with van der Waals surface area (Å²) in [5, 5.41) is 0. The van der Waals surface area contributed by atoms with Crippen molar-refractivity contribution < 1.29 is 4.79 Å². The number of piperidine rings is 1. The van der Waals surface area contributed by atoms with Gasteiger partial charge in [-0.25, -0.2) is 0 Å². The molecule has 3 nitrogen and oxygen atoms in total. The number of nitrogens with zero attached hydrogens (tertiary/aromatic N) is 1. The molecular weight excluding hydrogens is 236 g/mol. The molecule has 0 saturated carbocycles. The third-order valence-electron chi connectivity index (χ3n) is 4.10. The summed E-state index contributed by atoms with van der Waals surface area (Å²) < 4.78 is 0. The number of carbonyl (C=O) groups excluding carboxylic acids is 1. The summed E-state index contributed by atoms with van der Waals surface area (Å²) in [6.45, 7) is 8.49. The van der Waals surface area contributed by atoms with Crippen LogP contribution in [0.15, 0.2) is 18.2 Å². The van der Waals surface area contributed by atoms with Crippen LogP contribution in [-0.4, -0.2) is 19.0 Å². The van der Waals surface area contributed by atoms with Crippen LogP contribution in [0.2, 0.25) is 0 Å². The van der Waals surface area contributed by atoms with Gasteiger partial charge in [-0.3, -0.25) is 4.79 Å². The Morgan fingerprint density at radius 2 is 1.95 bits per heavy atom. The number of amides is 1. The standard InChI is InChI=1S/C16H24N2O/c1-11(2)14-6-4-5-12(3)15(14)18-9-7-13(8-10-18)16(17)19/h4-6,11,13H,7-10H2,1-3H3,(H2,17,19). The number of rotatable bonds is 3. The van der Waals surface area contributed by atoms with Gasteiger partial charge >= 0.3 is 0 Å². The van der Waals surface area contributed by atoms with Gasteiger partial charge in [0.15, 0.2) is 0 Å². The second-order valence-corrected chi connectivity index (χ2v) is 5.83. The van der Waals surface area contributed by atoms with Crippen LogP contribution in [0.3, 0.4) is 0 Å². The lowest BCUT2D eigenvalue weighted by atomic mass is 9.92. The van der Waals surface area contributed by atoms with Gasteiger partial charge in [-0.15, -0.1) is 0 Å². The maximum absolute atomic E-state index is 11.2. The van der Waals surface area contributed by atoms with Crippen molar-refractivity contribution in [1.29, 1.82) is 0 Å². The van der Waals surface area contributed by atoms with Gasteiger partial charge in [0.25, 0.3) is 0 Å². The molecule has 104 valence electrons. The summed E-state index contributed by atoms with van der Waals surface area (Å²) in [6, 6.07) is 6.51. The van der Waals surface area contributed by atoms with Gasteiger partial charge in [-0.2, -0.15) is 0 Å². The van der Waals surface area contributed by atoms with Gasteiger partial charge in [0.2, 0.25) is 5.91 Å². The van der Waals surface area contributed by atoms with Gasteiger partial charge < -0.3 is 10.6 Å². The van der Waals surface area contributed by atoms with Crippen LogP contribution in [0.4, 0.5) is 5.69 Å². The van der Waals surface area contributed by atoms with Crippen molar-refractivity contribution in [3.05, 3.63) is 29.3 Å². The van der Waals surface area contributed by atoms with E-state index in [1.807, 2.05) is 0 Å². The smallest absolute Gasteiger partial charge is 0.220 e. The first-order chi connectivity index (χ1) is 9.00. The zero-order valence-corrected chi connectivity index (χ0v) is 12.1. The number of benzene rings is 1. The Hall–Kier alpha value is -1.51. The highest BCUT2D eigenvalue weighted by Gasteiger charge is 2.25. The predicted octanol–water partition coefficient (Wildman–Crippen LogP) is 2.82. The number of anilines is 1. The van der Waals surface area contributed by atoms with Gasteiger partial charge in [0.1, 0.15) is 0 Å². The molecule has 0 radical (unpaired) electrons. The van der Waals surface area contributed by atoms with Crippen LogP contribution in [-0.2, 0) is 4.79 Å². The van der Waals surface area contributed by atoms with E-state index in [-0.39, 0.29) is 11.8 Å². The first kappa shape index (κ1) is 13.9. The van der Waals surface area contributed by atoms with E-state index in [1.165, 1.54) is 16.8 Å². The number of hydrogen-bond acceptors (Lipinski definition) is 2. The normalized spacial score (nSPS) is 16.9. The molecule has 0 bridgehead atoms. The number of nitrogens with two attached hydrogens (primary N) is 1. The Morgan fingerprint density at radius 3 is 2.47 bits per heavy atom. The molecule has 1 aliphatic heterocycles. The molecular formula is C16H24N2O. The molecule has 0 aromatic heterocycles. The maximum atomic E-state index is 11.2. The van der Waals surface area contributed by atoms with Gasteiger partial charge in [-0.1, -0.05) is 32.0 Å². The Labute approximate surface area is 115 Å². The molecule has 2 rings (SSSR count). The molecule has 19 heavy (non-hydrogen) atoms. The third-order valence-corrected chi connectivity index (χ3v) is 4.10. The summed E-state index contributed by atoms with van der Waals surface area (Å²) in [5.74, 6) is 0.431. The maximum Gasteiger partial charge on any atom is 0.220 e. The van der Waals surface area contributed by atoms with Crippen molar-refractivity contribution in [2.75, 3.05) is 18.0 Å². The summed E-state index contributed by atoms with van der Waals surface area (Å²) >= 11 is 0. The van der Waals surface area contributed by atoms with Crippen molar-refractivity contribution in [2.24, 2.45) is 11.7 Å². The number of primary amides is 1. The minimum atomic E-state index is -0.145. The average Bonchev–Trinajstić information content (AvgIpc) is 2.38. The molecule has 1 fully saturated rings. The molecule has 3 heteroatoms. The van der Waals surface area contributed by atoms with Gasteiger partial charge in [0, 0.05) is 24.7 Å². The van der Waals surface area contributed by atoms with E-state index in [1.54, 1.807) is 0 Å². The summed E-state index contributed by atoms with van der Waals surface area (Å²) in [6.07, 6.45) is 1.75. The summed E-state index contributed by atoms with van der Waals surface area (Å²) in [5.41, 5.74) is 9.49. The van der Waals surface area contributed by atoms with E-state index in [9.17, 15) is 4.79 Å². The molecule has 1 aliphatic rings. The number of carbonyl (C=O) groups is 1.